The van der Waals surface area contributed by atoms with E-state index >= 15 is 0 Å². The fourth-order valence-electron chi connectivity index (χ4n) is 1.69. The Morgan fingerprint density at radius 3 is 2.24 bits per heavy atom. The minimum absolute atomic E-state index is 0.405. The second kappa shape index (κ2) is 7.70. The van der Waals surface area contributed by atoms with E-state index in [4.69, 9.17) is 21.1 Å². The molecular weight excluding hydrogens is 288 g/mol. The normalized spacial score (nSPS) is 10.2. The van der Waals surface area contributed by atoms with Crippen LogP contribution < -0.4 is 9.47 Å². The summed E-state index contributed by atoms with van der Waals surface area (Å²) in [5.41, 5.74) is 0.479. The van der Waals surface area contributed by atoms with Gasteiger partial charge < -0.3 is 9.47 Å². The molecule has 0 fully saturated rings. The monoisotopic (exact) mass is 304 g/mol. The Labute approximate surface area is 129 Å². The molecule has 0 aliphatic heterocycles. The van der Waals surface area contributed by atoms with Crippen molar-refractivity contribution in [1.82, 2.24) is 0 Å². The summed E-state index contributed by atoms with van der Waals surface area (Å²) in [6.07, 6.45) is 2.10. The summed E-state index contributed by atoms with van der Waals surface area (Å²) in [6.45, 7) is 2.80. The van der Waals surface area contributed by atoms with Gasteiger partial charge in [-0.3, -0.25) is 0 Å². The number of hydrogen-bond acceptors (Lipinski definition) is 3. The molecule has 0 N–H and O–H groups in total. The van der Waals surface area contributed by atoms with Crippen molar-refractivity contribution in [2.24, 2.45) is 0 Å². The summed E-state index contributed by atoms with van der Waals surface area (Å²) in [7, 11) is 0. The van der Waals surface area contributed by atoms with Crippen LogP contribution in [-0.2, 0) is 0 Å². The molecule has 0 aliphatic rings. The molecule has 0 saturated heterocycles. The summed E-state index contributed by atoms with van der Waals surface area (Å²) >= 11 is 5.78. The molecule has 0 aromatic heterocycles. The van der Waals surface area contributed by atoms with Gasteiger partial charge in [-0.1, -0.05) is 24.9 Å². The Balaban J connectivity index is 1.94. The van der Waals surface area contributed by atoms with Crippen molar-refractivity contribution in [3.05, 3.63) is 59.1 Å². The molecule has 0 saturated carbocycles. The van der Waals surface area contributed by atoms with Crippen molar-refractivity contribution < 1.29 is 14.3 Å². The number of carbonyl (C=O) groups excluding carboxylic acids is 1. The summed E-state index contributed by atoms with van der Waals surface area (Å²) in [4.78, 5) is 12.0. The van der Waals surface area contributed by atoms with Crippen LogP contribution >= 0.6 is 11.6 Å². The number of ether oxygens (including phenoxy) is 2. The molecule has 0 unspecified atom stereocenters. The predicted octanol–water partition coefficient (Wildman–Crippen LogP) is 4.74. The number of halogens is 1. The highest BCUT2D eigenvalue weighted by Crippen LogP contribution is 2.18. The van der Waals surface area contributed by atoms with E-state index in [0.717, 1.165) is 18.6 Å². The van der Waals surface area contributed by atoms with Crippen LogP contribution in [0.15, 0.2) is 48.5 Å². The zero-order valence-electron chi connectivity index (χ0n) is 11.8. The summed E-state index contributed by atoms with van der Waals surface area (Å²) in [5, 5.41) is 0.600. The van der Waals surface area contributed by atoms with Crippen LogP contribution in [0.3, 0.4) is 0 Å². The third-order valence-corrected chi connectivity index (χ3v) is 3.13. The second-order valence-corrected chi connectivity index (χ2v) is 5.01. The fourth-order valence-corrected chi connectivity index (χ4v) is 1.82. The first-order chi connectivity index (χ1) is 10.2. The topological polar surface area (TPSA) is 35.5 Å². The fraction of sp³-hybridized carbons (Fsp3) is 0.235. The van der Waals surface area contributed by atoms with E-state index in [2.05, 4.69) is 6.92 Å². The molecule has 0 amide bonds. The molecule has 3 nitrogen and oxygen atoms in total. The molecular formula is C17H17ClO3. The molecule has 0 aliphatic carbocycles. The molecule has 21 heavy (non-hydrogen) atoms. The zero-order chi connectivity index (χ0) is 15.1. The minimum atomic E-state index is -0.405. The molecule has 2 aromatic carbocycles. The van der Waals surface area contributed by atoms with E-state index in [-0.39, 0.29) is 0 Å². The minimum Gasteiger partial charge on any atom is -0.494 e. The largest absolute Gasteiger partial charge is 0.494 e. The average molecular weight is 305 g/mol. The number of rotatable bonds is 6. The molecule has 0 bridgehead atoms. The first kappa shape index (κ1) is 15.4. The second-order valence-electron chi connectivity index (χ2n) is 4.57. The van der Waals surface area contributed by atoms with Gasteiger partial charge in [0.15, 0.2) is 0 Å². The van der Waals surface area contributed by atoms with Crippen molar-refractivity contribution in [3.8, 4) is 11.5 Å². The first-order valence-corrected chi connectivity index (χ1v) is 7.27. The highest BCUT2D eigenvalue weighted by Gasteiger charge is 2.08. The van der Waals surface area contributed by atoms with Gasteiger partial charge in [0.05, 0.1) is 12.2 Å². The third kappa shape index (κ3) is 4.80. The SMILES string of the molecule is CCCCOc1ccc(C(=O)Oc2ccc(Cl)cc2)cc1. The number of unbranched alkanes of at least 4 members (excludes halogenated alkanes) is 1. The Morgan fingerprint density at radius 1 is 1.00 bits per heavy atom. The number of hydrogen-bond donors (Lipinski definition) is 0. The van der Waals surface area contributed by atoms with E-state index in [0.29, 0.717) is 22.9 Å². The highest BCUT2D eigenvalue weighted by atomic mass is 35.5. The molecule has 4 heteroatoms. The molecule has 2 rings (SSSR count). The summed E-state index contributed by atoms with van der Waals surface area (Å²) in [5.74, 6) is 0.816. The van der Waals surface area contributed by atoms with Crippen molar-refractivity contribution >= 4 is 17.6 Å². The van der Waals surface area contributed by atoms with Gasteiger partial charge >= 0.3 is 5.97 Å². The maximum absolute atomic E-state index is 12.0. The summed E-state index contributed by atoms with van der Waals surface area (Å²) in [6, 6.07) is 13.6. The Hall–Kier alpha value is -2.00. The Morgan fingerprint density at radius 2 is 1.62 bits per heavy atom. The van der Waals surface area contributed by atoms with Gasteiger partial charge in [-0.05, 0) is 55.0 Å². The van der Waals surface area contributed by atoms with Gasteiger partial charge in [0.1, 0.15) is 11.5 Å². The van der Waals surface area contributed by atoms with Crippen LogP contribution in [0.1, 0.15) is 30.1 Å². The zero-order valence-corrected chi connectivity index (χ0v) is 12.6. The van der Waals surface area contributed by atoms with E-state index < -0.39 is 5.97 Å². The highest BCUT2D eigenvalue weighted by molar-refractivity contribution is 6.30. The van der Waals surface area contributed by atoms with Gasteiger partial charge in [0.25, 0.3) is 0 Å². The van der Waals surface area contributed by atoms with Crippen molar-refractivity contribution in [2.45, 2.75) is 19.8 Å². The maximum Gasteiger partial charge on any atom is 0.343 e. The Kier molecular flexibility index (Phi) is 5.64. The van der Waals surface area contributed by atoms with Crippen LogP contribution in [0.2, 0.25) is 5.02 Å². The quantitative estimate of drug-likeness (QED) is 0.439. The van der Waals surface area contributed by atoms with Crippen LogP contribution in [0.5, 0.6) is 11.5 Å². The average Bonchev–Trinajstić information content (AvgIpc) is 2.50. The van der Waals surface area contributed by atoms with Crippen LogP contribution in [-0.4, -0.2) is 12.6 Å². The number of esters is 1. The van der Waals surface area contributed by atoms with E-state index in [1.54, 1.807) is 48.5 Å². The van der Waals surface area contributed by atoms with Crippen LogP contribution in [0.25, 0.3) is 0 Å². The molecule has 0 atom stereocenters. The molecule has 0 radical (unpaired) electrons. The van der Waals surface area contributed by atoms with Gasteiger partial charge in [-0.15, -0.1) is 0 Å². The number of carbonyl (C=O) groups is 1. The molecule has 2 aromatic rings. The molecule has 0 heterocycles. The Bertz CT molecular complexity index is 576. The predicted molar refractivity (Wildman–Crippen MR) is 83.3 cm³/mol. The number of benzene rings is 2. The van der Waals surface area contributed by atoms with Crippen molar-refractivity contribution in [1.29, 1.82) is 0 Å². The van der Waals surface area contributed by atoms with Crippen LogP contribution in [0, 0.1) is 0 Å². The summed E-state index contributed by atoms with van der Waals surface area (Å²) < 4.78 is 10.8. The first-order valence-electron chi connectivity index (χ1n) is 6.89. The lowest BCUT2D eigenvalue weighted by molar-refractivity contribution is 0.0734. The lowest BCUT2D eigenvalue weighted by Crippen LogP contribution is -2.08. The van der Waals surface area contributed by atoms with E-state index in [1.165, 1.54) is 0 Å². The van der Waals surface area contributed by atoms with Crippen LogP contribution in [0.4, 0.5) is 0 Å². The molecule has 0 spiro atoms. The van der Waals surface area contributed by atoms with Gasteiger partial charge in [-0.25, -0.2) is 4.79 Å². The third-order valence-electron chi connectivity index (χ3n) is 2.88. The van der Waals surface area contributed by atoms with Crippen molar-refractivity contribution in [2.75, 3.05) is 6.61 Å². The lowest BCUT2D eigenvalue weighted by atomic mass is 10.2. The van der Waals surface area contributed by atoms with Gasteiger partial charge in [-0.2, -0.15) is 0 Å². The van der Waals surface area contributed by atoms with Crippen molar-refractivity contribution in [3.63, 3.8) is 0 Å². The van der Waals surface area contributed by atoms with Gasteiger partial charge in [0, 0.05) is 5.02 Å². The maximum atomic E-state index is 12.0. The van der Waals surface area contributed by atoms with E-state index in [9.17, 15) is 4.79 Å². The van der Waals surface area contributed by atoms with E-state index in [1.807, 2.05) is 0 Å². The standard InChI is InChI=1S/C17H17ClO3/c1-2-3-12-20-15-8-4-13(5-9-15)17(19)21-16-10-6-14(18)7-11-16/h4-11H,2-3,12H2,1H3. The lowest BCUT2D eigenvalue weighted by Gasteiger charge is -2.07. The molecule has 110 valence electrons. The van der Waals surface area contributed by atoms with Gasteiger partial charge in [0.2, 0.25) is 0 Å². The smallest absolute Gasteiger partial charge is 0.343 e.